The molecule has 0 aromatic heterocycles. The van der Waals surface area contributed by atoms with E-state index in [0.717, 1.165) is 38.4 Å². The third-order valence-electron chi connectivity index (χ3n) is 3.82. The first kappa shape index (κ1) is 15.8. The molecule has 4 nitrogen and oxygen atoms in total. The van der Waals surface area contributed by atoms with Crippen molar-refractivity contribution < 1.29 is 9.18 Å². The van der Waals surface area contributed by atoms with Crippen LogP contribution in [-0.2, 0) is 4.79 Å². The van der Waals surface area contributed by atoms with Crippen LogP contribution in [0.1, 0.15) is 13.8 Å². The van der Waals surface area contributed by atoms with Gasteiger partial charge in [-0.3, -0.25) is 9.69 Å². The number of benzene rings is 1. The lowest BCUT2D eigenvalue weighted by atomic mass is 10.2. The van der Waals surface area contributed by atoms with E-state index in [1.54, 1.807) is 0 Å². The van der Waals surface area contributed by atoms with Gasteiger partial charge in [0.15, 0.2) is 0 Å². The summed E-state index contributed by atoms with van der Waals surface area (Å²) in [4.78, 5) is 16.1. The number of rotatable bonds is 5. The van der Waals surface area contributed by atoms with Crippen molar-refractivity contribution in [3.63, 3.8) is 0 Å². The van der Waals surface area contributed by atoms with Crippen molar-refractivity contribution in [2.24, 2.45) is 5.92 Å². The van der Waals surface area contributed by atoms with Gasteiger partial charge in [0.25, 0.3) is 0 Å². The molecule has 5 heteroatoms. The van der Waals surface area contributed by atoms with Gasteiger partial charge in [-0.25, -0.2) is 4.39 Å². The summed E-state index contributed by atoms with van der Waals surface area (Å²) in [6.07, 6.45) is 0. The first-order chi connectivity index (χ1) is 10.1. The number of hydrogen-bond donors (Lipinski definition) is 1. The normalized spacial score (nSPS) is 16.3. The molecule has 1 aliphatic rings. The zero-order valence-corrected chi connectivity index (χ0v) is 12.8. The Balaban J connectivity index is 1.71. The highest BCUT2D eigenvalue weighted by molar-refractivity contribution is 5.77. The van der Waals surface area contributed by atoms with Crippen LogP contribution in [0.3, 0.4) is 0 Å². The Kier molecular flexibility index (Phi) is 5.56. The van der Waals surface area contributed by atoms with E-state index < -0.39 is 0 Å². The highest BCUT2D eigenvalue weighted by Gasteiger charge is 2.17. The van der Waals surface area contributed by atoms with E-state index in [2.05, 4.69) is 15.1 Å². The summed E-state index contributed by atoms with van der Waals surface area (Å²) in [5, 5.41) is 2.94. The zero-order chi connectivity index (χ0) is 15.2. The lowest BCUT2D eigenvalue weighted by Gasteiger charge is -2.36. The lowest BCUT2D eigenvalue weighted by molar-refractivity contribution is -0.124. The van der Waals surface area contributed by atoms with Crippen LogP contribution >= 0.6 is 0 Å². The number of amides is 1. The fraction of sp³-hybridized carbons (Fsp3) is 0.562. The molecular weight excluding hydrogens is 269 g/mol. The SMILES string of the molecule is CC(C)C(=O)NCCN1CCN(c2ccc(F)cc2)CC1. The van der Waals surface area contributed by atoms with Crippen LogP contribution in [0.2, 0.25) is 0 Å². The molecule has 21 heavy (non-hydrogen) atoms. The summed E-state index contributed by atoms with van der Waals surface area (Å²) in [7, 11) is 0. The van der Waals surface area contributed by atoms with Crippen molar-refractivity contribution in [1.82, 2.24) is 10.2 Å². The molecule has 0 radical (unpaired) electrons. The Bertz CT molecular complexity index is 453. The number of piperazine rings is 1. The summed E-state index contributed by atoms with van der Waals surface area (Å²) in [5.41, 5.74) is 1.07. The maximum Gasteiger partial charge on any atom is 0.222 e. The molecule has 116 valence electrons. The monoisotopic (exact) mass is 293 g/mol. The van der Waals surface area contributed by atoms with E-state index in [0.29, 0.717) is 6.54 Å². The number of carbonyl (C=O) groups excluding carboxylic acids is 1. The minimum Gasteiger partial charge on any atom is -0.369 e. The molecule has 0 unspecified atom stereocenters. The minimum atomic E-state index is -0.196. The zero-order valence-electron chi connectivity index (χ0n) is 12.8. The van der Waals surface area contributed by atoms with E-state index in [1.165, 1.54) is 12.1 Å². The van der Waals surface area contributed by atoms with Gasteiger partial charge in [-0.2, -0.15) is 0 Å². The molecule has 1 aromatic rings. The molecule has 1 heterocycles. The van der Waals surface area contributed by atoms with Crippen LogP contribution in [0, 0.1) is 11.7 Å². The minimum absolute atomic E-state index is 0.0420. The number of carbonyl (C=O) groups is 1. The molecular formula is C16H24FN3O. The molecule has 1 aliphatic heterocycles. The Hall–Kier alpha value is -1.62. The highest BCUT2D eigenvalue weighted by atomic mass is 19.1. The molecule has 1 N–H and O–H groups in total. The first-order valence-corrected chi connectivity index (χ1v) is 7.57. The predicted molar refractivity (Wildman–Crippen MR) is 82.9 cm³/mol. The molecule has 2 rings (SSSR count). The standard InChI is InChI=1S/C16H24FN3O/c1-13(2)16(21)18-7-8-19-9-11-20(12-10-19)15-5-3-14(17)4-6-15/h3-6,13H,7-12H2,1-2H3,(H,18,21). The van der Waals surface area contributed by atoms with Crippen molar-refractivity contribution in [2.45, 2.75) is 13.8 Å². The highest BCUT2D eigenvalue weighted by Crippen LogP contribution is 2.16. The van der Waals surface area contributed by atoms with Crippen LogP contribution in [0.4, 0.5) is 10.1 Å². The predicted octanol–water partition coefficient (Wildman–Crippen LogP) is 1.72. The molecule has 0 bridgehead atoms. The van der Waals surface area contributed by atoms with Crippen molar-refractivity contribution in [2.75, 3.05) is 44.2 Å². The third kappa shape index (κ3) is 4.70. The van der Waals surface area contributed by atoms with Gasteiger partial charge >= 0.3 is 0 Å². The second kappa shape index (κ2) is 7.41. The fourth-order valence-corrected chi connectivity index (χ4v) is 2.42. The smallest absolute Gasteiger partial charge is 0.222 e. The van der Waals surface area contributed by atoms with E-state index >= 15 is 0 Å². The Morgan fingerprint density at radius 3 is 2.38 bits per heavy atom. The van der Waals surface area contributed by atoms with Crippen molar-refractivity contribution in [3.8, 4) is 0 Å². The van der Waals surface area contributed by atoms with E-state index in [-0.39, 0.29) is 17.6 Å². The summed E-state index contributed by atoms with van der Waals surface area (Å²) in [5.74, 6) is -0.0430. The number of nitrogens with zero attached hydrogens (tertiary/aromatic N) is 2. The van der Waals surface area contributed by atoms with Gasteiger partial charge in [0.1, 0.15) is 5.82 Å². The number of nitrogens with one attached hydrogen (secondary N) is 1. The van der Waals surface area contributed by atoms with Gasteiger partial charge < -0.3 is 10.2 Å². The Morgan fingerprint density at radius 2 is 1.81 bits per heavy atom. The molecule has 0 atom stereocenters. The maximum atomic E-state index is 12.9. The van der Waals surface area contributed by atoms with Crippen molar-refractivity contribution in [3.05, 3.63) is 30.1 Å². The Labute approximate surface area is 125 Å². The van der Waals surface area contributed by atoms with E-state index in [4.69, 9.17) is 0 Å². The topological polar surface area (TPSA) is 35.6 Å². The Morgan fingerprint density at radius 1 is 1.19 bits per heavy atom. The van der Waals surface area contributed by atoms with Crippen LogP contribution < -0.4 is 10.2 Å². The summed E-state index contributed by atoms with van der Waals surface area (Å²) < 4.78 is 12.9. The molecule has 0 spiro atoms. The van der Waals surface area contributed by atoms with Crippen molar-refractivity contribution in [1.29, 1.82) is 0 Å². The molecule has 0 saturated carbocycles. The first-order valence-electron chi connectivity index (χ1n) is 7.57. The fourth-order valence-electron chi connectivity index (χ4n) is 2.42. The van der Waals surface area contributed by atoms with Crippen molar-refractivity contribution >= 4 is 11.6 Å². The summed E-state index contributed by atoms with van der Waals surface area (Å²) in [6, 6.07) is 6.66. The molecule has 1 fully saturated rings. The van der Waals surface area contributed by atoms with Gasteiger partial charge in [-0.05, 0) is 24.3 Å². The van der Waals surface area contributed by atoms with Crippen LogP contribution in [0.5, 0.6) is 0 Å². The van der Waals surface area contributed by atoms with E-state index in [1.807, 2.05) is 26.0 Å². The van der Waals surface area contributed by atoms with Crippen LogP contribution in [-0.4, -0.2) is 50.1 Å². The van der Waals surface area contributed by atoms with Gasteiger partial charge in [0.05, 0.1) is 0 Å². The largest absolute Gasteiger partial charge is 0.369 e. The molecule has 1 amide bonds. The number of halogens is 1. The average Bonchev–Trinajstić information content (AvgIpc) is 2.48. The second-order valence-electron chi connectivity index (χ2n) is 5.75. The second-order valence-corrected chi connectivity index (χ2v) is 5.75. The molecule has 1 aromatic carbocycles. The van der Waals surface area contributed by atoms with Gasteiger partial charge in [-0.1, -0.05) is 13.8 Å². The maximum absolute atomic E-state index is 12.9. The van der Waals surface area contributed by atoms with Gasteiger partial charge in [-0.15, -0.1) is 0 Å². The van der Waals surface area contributed by atoms with E-state index in [9.17, 15) is 9.18 Å². The quantitative estimate of drug-likeness (QED) is 0.898. The number of anilines is 1. The summed E-state index contributed by atoms with van der Waals surface area (Å²) >= 11 is 0. The molecule has 1 saturated heterocycles. The number of hydrogen-bond acceptors (Lipinski definition) is 3. The average molecular weight is 293 g/mol. The lowest BCUT2D eigenvalue weighted by Crippen LogP contribution is -2.48. The van der Waals surface area contributed by atoms with Crippen LogP contribution in [0.25, 0.3) is 0 Å². The van der Waals surface area contributed by atoms with Gasteiger partial charge in [0, 0.05) is 50.9 Å². The molecule has 0 aliphatic carbocycles. The third-order valence-corrected chi connectivity index (χ3v) is 3.82. The van der Waals surface area contributed by atoms with Gasteiger partial charge in [0.2, 0.25) is 5.91 Å². The van der Waals surface area contributed by atoms with Crippen LogP contribution in [0.15, 0.2) is 24.3 Å². The summed E-state index contributed by atoms with van der Waals surface area (Å²) in [6.45, 7) is 9.19.